The average Bonchev–Trinajstić information content (AvgIpc) is 3.20. The van der Waals surface area contributed by atoms with Crippen LogP contribution in [0.5, 0.6) is 11.5 Å². The highest BCUT2D eigenvalue weighted by Gasteiger charge is 2.28. The lowest BCUT2D eigenvalue weighted by atomic mass is 9.90. The highest BCUT2D eigenvalue weighted by atomic mass is 16.7. The quantitative estimate of drug-likeness (QED) is 0.742. The monoisotopic (exact) mass is 370 g/mol. The minimum Gasteiger partial charge on any atom is -0.454 e. The summed E-state index contributed by atoms with van der Waals surface area (Å²) >= 11 is 0. The van der Waals surface area contributed by atoms with Gasteiger partial charge in [0, 0.05) is 37.2 Å². The summed E-state index contributed by atoms with van der Waals surface area (Å²) in [7, 11) is 0. The van der Waals surface area contributed by atoms with Gasteiger partial charge in [0.25, 0.3) is 0 Å². The molecule has 2 N–H and O–H groups in total. The predicted molar refractivity (Wildman–Crippen MR) is 99.4 cm³/mol. The molecule has 1 aromatic carbocycles. The number of anilines is 2. The molecule has 142 valence electrons. The van der Waals surface area contributed by atoms with Crippen LogP contribution >= 0.6 is 0 Å². The first-order valence-electron chi connectivity index (χ1n) is 9.10. The second-order valence-corrected chi connectivity index (χ2v) is 6.63. The number of hydrogen-bond acceptors (Lipinski definition) is 8. The summed E-state index contributed by atoms with van der Waals surface area (Å²) in [6, 6.07) is 7.21. The van der Waals surface area contributed by atoms with Crippen LogP contribution in [0, 0.1) is 5.92 Å². The summed E-state index contributed by atoms with van der Waals surface area (Å²) in [6.45, 7) is 2.13. The minimum absolute atomic E-state index is 0.0369. The molecule has 0 aliphatic carbocycles. The Morgan fingerprint density at radius 2 is 2.15 bits per heavy atom. The summed E-state index contributed by atoms with van der Waals surface area (Å²) in [6.07, 6.45) is 3.27. The molecule has 8 nitrogen and oxygen atoms in total. The Kier molecular flexibility index (Phi) is 5.06. The van der Waals surface area contributed by atoms with Crippen LogP contribution in [-0.4, -0.2) is 53.9 Å². The number of Topliss-reactive ketones (excluding diaryl/α,β-unsaturated/α-hetero) is 1. The van der Waals surface area contributed by atoms with Crippen molar-refractivity contribution in [1.29, 1.82) is 0 Å². The fourth-order valence-electron chi connectivity index (χ4n) is 3.49. The summed E-state index contributed by atoms with van der Waals surface area (Å²) < 4.78 is 10.7. The van der Waals surface area contributed by atoms with Gasteiger partial charge < -0.3 is 24.8 Å². The van der Waals surface area contributed by atoms with Crippen molar-refractivity contribution < 1.29 is 19.4 Å². The number of fused-ring (bicyclic) bond motifs is 1. The lowest BCUT2D eigenvalue weighted by molar-refractivity contribution is 0.0906. The van der Waals surface area contributed by atoms with Gasteiger partial charge >= 0.3 is 0 Å². The van der Waals surface area contributed by atoms with E-state index >= 15 is 0 Å². The first-order valence-corrected chi connectivity index (χ1v) is 9.10. The molecule has 8 heteroatoms. The summed E-state index contributed by atoms with van der Waals surface area (Å²) in [5.41, 5.74) is 0.652. The van der Waals surface area contributed by atoms with Gasteiger partial charge in [-0.2, -0.15) is 0 Å². The lowest BCUT2D eigenvalue weighted by Crippen LogP contribution is -2.39. The number of ether oxygens (including phenoxy) is 2. The van der Waals surface area contributed by atoms with E-state index < -0.39 is 0 Å². The van der Waals surface area contributed by atoms with Crippen LogP contribution in [0.1, 0.15) is 23.2 Å². The van der Waals surface area contributed by atoms with Gasteiger partial charge in [0.1, 0.15) is 18.0 Å². The van der Waals surface area contributed by atoms with Crippen molar-refractivity contribution >= 4 is 17.4 Å². The maximum Gasteiger partial charge on any atom is 0.231 e. The van der Waals surface area contributed by atoms with E-state index in [0.29, 0.717) is 36.0 Å². The van der Waals surface area contributed by atoms with Gasteiger partial charge in [-0.15, -0.1) is 0 Å². The highest BCUT2D eigenvalue weighted by Crippen LogP contribution is 2.34. The Morgan fingerprint density at radius 1 is 1.26 bits per heavy atom. The van der Waals surface area contributed by atoms with Gasteiger partial charge in [-0.05, 0) is 31.0 Å². The van der Waals surface area contributed by atoms with Crippen LogP contribution in [0.15, 0.2) is 30.6 Å². The maximum absolute atomic E-state index is 13.0. The largest absolute Gasteiger partial charge is 0.454 e. The smallest absolute Gasteiger partial charge is 0.231 e. The topological polar surface area (TPSA) is 96.8 Å². The van der Waals surface area contributed by atoms with Crippen LogP contribution in [0.2, 0.25) is 0 Å². The Morgan fingerprint density at radius 3 is 3.04 bits per heavy atom. The van der Waals surface area contributed by atoms with E-state index in [1.165, 1.54) is 6.33 Å². The van der Waals surface area contributed by atoms with Gasteiger partial charge in [0.05, 0.1) is 6.61 Å². The maximum atomic E-state index is 13.0. The van der Waals surface area contributed by atoms with Crippen LogP contribution in [-0.2, 0) is 0 Å². The number of nitrogens with one attached hydrogen (secondary N) is 1. The van der Waals surface area contributed by atoms with E-state index in [2.05, 4.69) is 20.2 Å². The van der Waals surface area contributed by atoms with Crippen LogP contribution in [0.4, 0.5) is 11.6 Å². The fourth-order valence-corrected chi connectivity index (χ4v) is 3.49. The normalized spacial score (nSPS) is 18.4. The Balaban J connectivity index is 1.47. The SMILES string of the molecule is O=C(c1ccc2c(c1)OCO2)C1CCCN(c2cc(NCCO)ncn2)C1. The number of carbonyl (C=O) groups excluding carboxylic acids is 1. The number of aliphatic hydroxyl groups excluding tert-OH is 1. The zero-order chi connectivity index (χ0) is 18.6. The molecule has 1 unspecified atom stereocenters. The van der Waals surface area contributed by atoms with E-state index in [9.17, 15) is 4.79 Å². The van der Waals surface area contributed by atoms with Crippen molar-refractivity contribution in [3.05, 3.63) is 36.2 Å². The molecule has 1 aromatic heterocycles. The first kappa shape index (κ1) is 17.5. The Bertz CT molecular complexity index is 829. The molecule has 2 aliphatic heterocycles. The average molecular weight is 370 g/mol. The molecule has 1 atom stereocenters. The molecule has 0 spiro atoms. The molecule has 2 aliphatic rings. The van der Waals surface area contributed by atoms with Gasteiger partial charge in [0.15, 0.2) is 17.3 Å². The zero-order valence-electron chi connectivity index (χ0n) is 14.9. The molecule has 27 heavy (non-hydrogen) atoms. The number of ketones is 1. The molecule has 2 aromatic rings. The van der Waals surface area contributed by atoms with Gasteiger partial charge in [-0.3, -0.25) is 4.79 Å². The minimum atomic E-state index is -0.0945. The number of nitrogens with zero attached hydrogens (tertiary/aromatic N) is 3. The van der Waals surface area contributed by atoms with Crippen molar-refractivity contribution in [1.82, 2.24) is 9.97 Å². The zero-order valence-corrected chi connectivity index (χ0v) is 14.9. The molecule has 0 amide bonds. The lowest BCUT2D eigenvalue weighted by Gasteiger charge is -2.33. The number of aliphatic hydroxyl groups is 1. The molecular formula is C19H22N4O4. The number of piperidine rings is 1. The van der Waals surface area contributed by atoms with E-state index in [-0.39, 0.29) is 25.1 Å². The van der Waals surface area contributed by atoms with Gasteiger partial charge in [0.2, 0.25) is 6.79 Å². The van der Waals surface area contributed by atoms with Crippen molar-refractivity contribution in [2.45, 2.75) is 12.8 Å². The highest BCUT2D eigenvalue weighted by molar-refractivity contribution is 5.99. The molecule has 0 saturated carbocycles. The number of carbonyl (C=O) groups is 1. The molecule has 3 heterocycles. The van der Waals surface area contributed by atoms with E-state index in [1.807, 2.05) is 6.07 Å². The summed E-state index contributed by atoms with van der Waals surface area (Å²) in [4.78, 5) is 23.6. The van der Waals surface area contributed by atoms with Gasteiger partial charge in [-0.25, -0.2) is 9.97 Å². The first-order chi connectivity index (χ1) is 13.2. The van der Waals surface area contributed by atoms with Crippen molar-refractivity contribution in [2.24, 2.45) is 5.92 Å². The van der Waals surface area contributed by atoms with Crippen LogP contribution in [0.3, 0.4) is 0 Å². The molecule has 0 radical (unpaired) electrons. The van der Waals surface area contributed by atoms with Crippen molar-refractivity contribution in [2.75, 3.05) is 43.3 Å². The number of rotatable bonds is 6. The second-order valence-electron chi connectivity index (χ2n) is 6.63. The van der Waals surface area contributed by atoms with E-state index in [4.69, 9.17) is 14.6 Å². The fraction of sp³-hybridized carbons (Fsp3) is 0.421. The van der Waals surface area contributed by atoms with Crippen LogP contribution in [0.25, 0.3) is 0 Å². The van der Waals surface area contributed by atoms with Crippen molar-refractivity contribution in [3.8, 4) is 11.5 Å². The second kappa shape index (κ2) is 7.79. The Hall–Kier alpha value is -2.87. The molecule has 4 rings (SSSR count). The number of aromatic nitrogens is 2. The predicted octanol–water partition coefficient (Wildman–Crippen LogP) is 1.71. The number of hydrogen-bond donors (Lipinski definition) is 2. The molecule has 1 fully saturated rings. The molecular weight excluding hydrogens is 348 g/mol. The third kappa shape index (κ3) is 3.80. The third-order valence-electron chi connectivity index (χ3n) is 4.84. The number of benzene rings is 1. The standard InChI is InChI=1S/C19H22N4O4/c24-7-5-20-17-9-18(22-11-21-17)23-6-1-2-14(10-23)19(25)13-3-4-15-16(8-13)27-12-26-15/h3-4,8-9,11,14,24H,1-2,5-7,10,12H2,(H,20,21,22). The van der Waals surface area contributed by atoms with E-state index in [0.717, 1.165) is 25.2 Å². The Labute approximate surface area is 157 Å². The van der Waals surface area contributed by atoms with E-state index in [1.54, 1.807) is 18.2 Å². The van der Waals surface area contributed by atoms with Gasteiger partial charge in [-0.1, -0.05) is 0 Å². The molecule has 1 saturated heterocycles. The third-order valence-corrected chi connectivity index (χ3v) is 4.84. The summed E-state index contributed by atoms with van der Waals surface area (Å²) in [5.74, 6) is 2.78. The summed E-state index contributed by atoms with van der Waals surface area (Å²) in [5, 5.41) is 12.0. The van der Waals surface area contributed by atoms with Crippen molar-refractivity contribution in [3.63, 3.8) is 0 Å². The van der Waals surface area contributed by atoms with Crippen LogP contribution < -0.4 is 19.7 Å². The molecule has 0 bridgehead atoms.